The highest BCUT2D eigenvalue weighted by atomic mass is 32.2. The van der Waals surface area contributed by atoms with Gasteiger partial charge in [-0.25, -0.2) is 8.78 Å². The fourth-order valence-electron chi connectivity index (χ4n) is 3.53. The smallest absolute Gasteiger partial charge is 0.293 e. The molecule has 0 spiro atoms. The van der Waals surface area contributed by atoms with Crippen molar-refractivity contribution in [1.82, 2.24) is 0 Å². The lowest BCUT2D eigenvalue weighted by molar-refractivity contribution is -0.380. The number of nitro groups is 1. The second-order valence-electron chi connectivity index (χ2n) is 10.0. The highest BCUT2D eigenvalue weighted by molar-refractivity contribution is 8.12. The molecule has 0 atom stereocenters. The van der Waals surface area contributed by atoms with Crippen LogP contribution < -0.4 is 0 Å². The number of rotatable bonds is 7. The van der Waals surface area contributed by atoms with E-state index >= 15 is 0 Å². The van der Waals surface area contributed by atoms with Gasteiger partial charge in [0.15, 0.2) is 17.4 Å². The van der Waals surface area contributed by atoms with Gasteiger partial charge in [0.1, 0.15) is 0 Å². The molecule has 208 valence electrons. The van der Waals surface area contributed by atoms with Crippen LogP contribution in [-0.2, 0) is 5.41 Å². The maximum Gasteiger partial charge on any atom is 0.324 e. The van der Waals surface area contributed by atoms with Crippen LogP contribution in [0.1, 0.15) is 86.8 Å². The van der Waals surface area contributed by atoms with Gasteiger partial charge in [-0.3, -0.25) is 14.9 Å². The van der Waals surface area contributed by atoms with Gasteiger partial charge in [-0.15, -0.1) is 0 Å². The number of halogens is 2. The average Bonchev–Trinajstić information content (AvgIpc) is 3.40. The number of ketones is 1. The number of thioether (sulfide) groups is 1. The van der Waals surface area contributed by atoms with Crippen molar-refractivity contribution in [2.24, 2.45) is 0 Å². The molecule has 8 heteroatoms. The van der Waals surface area contributed by atoms with E-state index in [2.05, 4.69) is 45.0 Å². The van der Waals surface area contributed by atoms with E-state index in [4.69, 9.17) is 0 Å². The largest absolute Gasteiger partial charge is 0.324 e. The monoisotopic (exact) mass is 571 g/mol. The van der Waals surface area contributed by atoms with Crippen LogP contribution in [-0.4, -0.2) is 10.7 Å². The molecule has 0 aliphatic heterocycles. The van der Waals surface area contributed by atoms with Crippen molar-refractivity contribution in [3.05, 3.63) is 108 Å². The third-order valence-electron chi connectivity index (χ3n) is 6.03. The first kappa shape index (κ1) is 32.1. The molecule has 4 nitrogen and oxygen atoms in total. The number of hydrogen-bond acceptors (Lipinski definition) is 5. The summed E-state index contributed by atoms with van der Waals surface area (Å²) in [5, 5.41) is 10.3. The number of benzene rings is 2. The fraction of sp³-hybridized carbons (Fsp3) is 0.323. The second-order valence-corrected chi connectivity index (χ2v) is 12.4. The average molecular weight is 572 g/mol. The SMILES string of the molecule is C/C=C(/C)S/C(=C(\C)c1ccc(C(C)(C)C)cc1)c1cc(C)c(F)c(F)c1.CCC(=O)c1ccc([N+](=O)[O-])s1. The summed E-state index contributed by atoms with van der Waals surface area (Å²) in [5.41, 5.74) is 4.50. The summed E-state index contributed by atoms with van der Waals surface area (Å²) in [4.78, 5) is 23.3. The predicted octanol–water partition coefficient (Wildman–Crippen LogP) is 10.4. The summed E-state index contributed by atoms with van der Waals surface area (Å²) in [5.74, 6) is -1.64. The van der Waals surface area contributed by atoms with Gasteiger partial charge < -0.3 is 0 Å². The van der Waals surface area contributed by atoms with E-state index < -0.39 is 16.6 Å². The Hall–Kier alpha value is -3.10. The lowest BCUT2D eigenvalue weighted by atomic mass is 9.86. The molecule has 0 radical (unpaired) electrons. The molecule has 0 aliphatic carbocycles. The van der Waals surface area contributed by atoms with E-state index in [0.29, 0.717) is 22.4 Å². The van der Waals surface area contributed by atoms with Crippen LogP contribution in [0.2, 0.25) is 0 Å². The van der Waals surface area contributed by atoms with Gasteiger partial charge in [-0.05, 0) is 84.0 Å². The maximum absolute atomic E-state index is 14.0. The second kappa shape index (κ2) is 13.8. The molecule has 3 rings (SSSR count). The lowest BCUT2D eigenvalue weighted by Gasteiger charge is -2.20. The summed E-state index contributed by atoms with van der Waals surface area (Å²) in [6, 6.07) is 14.3. The molecular formula is C31H35F2NO3S2. The standard InChI is InChI=1S/C24H28F2S.C7H7NO3S/c1-8-16(3)27-23(19-13-15(2)22(26)21(25)14-19)17(4)18-9-11-20(12-10-18)24(5,6)7;1-2-5(9)6-3-4-7(12-6)8(10)11/h8-14H,1-7H3;3-4H,2H2,1H3/b16-8-,23-17+;. The number of aryl methyl sites for hydroxylation is 1. The molecular weight excluding hydrogens is 536 g/mol. The zero-order valence-electron chi connectivity index (χ0n) is 23.6. The number of Topliss-reactive ketones (excluding diaryl/α,β-unsaturated/α-hetero) is 1. The first-order chi connectivity index (χ1) is 18.2. The molecule has 0 unspecified atom stereocenters. The van der Waals surface area contributed by atoms with Crippen molar-refractivity contribution in [3.63, 3.8) is 0 Å². The van der Waals surface area contributed by atoms with Crippen molar-refractivity contribution in [3.8, 4) is 0 Å². The minimum absolute atomic E-state index is 0.0202. The van der Waals surface area contributed by atoms with Gasteiger partial charge in [0.2, 0.25) is 0 Å². The summed E-state index contributed by atoms with van der Waals surface area (Å²) >= 11 is 2.51. The van der Waals surface area contributed by atoms with E-state index in [1.54, 1.807) is 31.7 Å². The van der Waals surface area contributed by atoms with Gasteiger partial charge in [0.25, 0.3) is 0 Å². The molecule has 2 aromatic carbocycles. The molecule has 0 bridgehead atoms. The van der Waals surface area contributed by atoms with E-state index in [0.717, 1.165) is 32.3 Å². The van der Waals surface area contributed by atoms with Crippen molar-refractivity contribution < 1.29 is 18.5 Å². The Labute approximate surface area is 238 Å². The van der Waals surface area contributed by atoms with Crippen molar-refractivity contribution in [1.29, 1.82) is 0 Å². The van der Waals surface area contributed by atoms with Crippen LogP contribution in [0.15, 0.2) is 59.5 Å². The molecule has 3 aromatic rings. The number of nitrogens with zero attached hydrogens (tertiary/aromatic N) is 1. The van der Waals surface area contributed by atoms with Crippen LogP contribution in [0.3, 0.4) is 0 Å². The number of hydrogen-bond donors (Lipinski definition) is 0. The quantitative estimate of drug-likeness (QED) is 0.122. The number of allylic oxidation sites excluding steroid dienone is 3. The molecule has 0 amide bonds. The lowest BCUT2D eigenvalue weighted by Crippen LogP contribution is -2.10. The zero-order valence-corrected chi connectivity index (χ0v) is 25.3. The van der Waals surface area contributed by atoms with Gasteiger partial charge in [0.05, 0.1) is 9.80 Å². The Kier molecular flexibility index (Phi) is 11.4. The van der Waals surface area contributed by atoms with Gasteiger partial charge >= 0.3 is 5.00 Å². The topological polar surface area (TPSA) is 60.2 Å². The third kappa shape index (κ3) is 8.70. The van der Waals surface area contributed by atoms with E-state index in [1.807, 2.05) is 26.8 Å². The Morgan fingerprint density at radius 1 is 1.05 bits per heavy atom. The molecule has 39 heavy (non-hydrogen) atoms. The number of carbonyl (C=O) groups excluding carboxylic acids is 1. The van der Waals surface area contributed by atoms with Crippen LogP contribution in [0.25, 0.3) is 10.5 Å². The van der Waals surface area contributed by atoms with Crippen LogP contribution in [0.5, 0.6) is 0 Å². The Bertz CT molecular complexity index is 1370. The Morgan fingerprint density at radius 3 is 2.13 bits per heavy atom. The molecule has 0 fully saturated rings. The molecule has 0 saturated heterocycles. The molecule has 1 aromatic heterocycles. The minimum atomic E-state index is -0.808. The normalized spacial score (nSPS) is 12.4. The van der Waals surface area contributed by atoms with E-state index in [-0.39, 0.29) is 16.2 Å². The highest BCUT2D eigenvalue weighted by Crippen LogP contribution is 2.40. The van der Waals surface area contributed by atoms with E-state index in [9.17, 15) is 23.7 Å². The van der Waals surface area contributed by atoms with Gasteiger partial charge in [-0.2, -0.15) is 0 Å². The molecule has 0 N–H and O–H groups in total. The first-order valence-corrected chi connectivity index (χ1v) is 14.2. The van der Waals surface area contributed by atoms with Crippen LogP contribution in [0.4, 0.5) is 13.8 Å². The summed E-state index contributed by atoms with van der Waals surface area (Å²) in [6.07, 6.45) is 2.41. The minimum Gasteiger partial charge on any atom is -0.293 e. The van der Waals surface area contributed by atoms with Crippen LogP contribution >= 0.6 is 23.1 Å². The summed E-state index contributed by atoms with van der Waals surface area (Å²) < 4.78 is 27.8. The zero-order chi connectivity index (χ0) is 29.5. The summed E-state index contributed by atoms with van der Waals surface area (Å²) in [6.45, 7) is 15.9. The Balaban J connectivity index is 0.000000370. The third-order valence-corrected chi connectivity index (χ3v) is 8.42. The maximum atomic E-state index is 14.0. The van der Waals surface area contributed by atoms with Gasteiger partial charge in [0, 0.05) is 17.4 Å². The van der Waals surface area contributed by atoms with Crippen LogP contribution in [0, 0.1) is 28.7 Å². The number of carbonyl (C=O) groups is 1. The first-order valence-electron chi connectivity index (χ1n) is 12.6. The van der Waals surface area contributed by atoms with Crippen molar-refractivity contribution >= 4 is 44.4 Å². The van der Waals surface area contributed by atoms with Crippen molar-refractivity contribution in [2.75, 3.05) is 0 Å². The molecule has 0 saturated carbocycles. The molecule has 1 heterocycles. The fourth-order valence-corrected chi connectivity index (χ4v) is 5.31. The van der Waals surface area contributed by atoms with Gasteiger partial charge in [-0.1, -0.05) is 81.1 Å². The Morgan fingerprint density at radius 2 is 1.67 bits per heavy atom. The van der Waals surface area contributed by atoms with Crippen molar-refractivity contribution in [2.45, 2.75) is 67.2 Å². The summed E-state index contributed by atoms with van der Waals surface area (Å²) in [7, 11) is 0. The molecule has 0 aliphatic rings. The predicted molar refractivity (Wildman–Crippen MR) is 161 cm³/mol. The van der Waals surface area contributed by atoms with E-state index in [1.165, 1.54) is 23.8 Å². The number of thiophene rings is 1. The highest BCUT2D eigenvalue weighted by Gasteiger charge is 2.17.